The van der Waals surface area contributed by atoms with E-state index < -0.39 is 53.3 Å². The normalized spacial score (nSPS) is 11.9. The fraction of sp³-hybridized carbons (Fsp3) is 0.0800. The van der Waals surface area contributed by atoms with Crippen molar-refractivity contribution in [2.24, 2.45) is 25.4 Å². The summed E-state index contributed by atoms with van der Waals surface area (Å²) in [4.78, 5) is 16.1. The number of amides is 1. The van der Waals surface area contributed by atoms with Crippen LogP contribution in [0.4, 0.5) is 34.1 Å². The molecule has 4 N–H and O–H groups in total. The number of azo groups is 2. The number of rotatable bonds is 12. The van der Waals surface area contributed by atoms with Gasteiger partial charge in [-0.2, -0.15) is 21.9 Å². The number of fused-ring (bicyclic) bond motifs is 2. The van der Waals surface area contributed by atoms with E-state index in [9.17, 15) is 46.1 Å². The molecule has 8 rings (SSSR count). The molecule has 0 atom stereocenters. The van der Waals surface area contributed by atoms with Gasteiger partial charge < -0.3 is 30.1 Å². The summed E-state index contributed by atoms with van der Waals surface area (Å²) in [6.45, 7) is 2.92. The monoisotopic (exact) mass is 1090 g/mol. The number of halogens is 2. The molecule has 0 bridgehead atoms. The molecule has 0 heterocycles. The Hall–Kier alpha value is -6.72. The first-order chi connectivity index (χ1) is 34.2. The predicted molar refractivity (Wildman–Crippen MR) is 275 cm³/mol. The quantitative estimate of drug-likeness (QED) is 0.0292. The molecule has 0 aromatic heterocycles. The topological polar surface area (TPSA) is 284 Å². The number of aryl methyl sites for hydroxylation is 2. The maximum absolute atomic E-state index is 13.4. The van der Waals surface area contributed by atoms with E-state index in [1.54, 1.807) is 97.1 Å². The molecule has 8 aromatic carbocycles. The molecule has 1 amide bonds. The fourth-order valence-corrected chi connectivity index (χ4v) is 9.57. The summed E-state index contributed by atoms with van der Waals surface area (Å²) in [7, 11) is -6.49. The van der Waals surface area contributed by atoms with Crippen molar-refractivity contribution in [2.75, 3.05) is 19.5 Å². The number of para-hydroxylation sites is 4. The number of ether oxygens (including phenoxy) is 2. The van der Waals surface area contributed by atoms with Gasteiger partial charge in [0.15, 0.2) is 5.75 Å². The number of nitrogens with one attached hydrogen (secondary N) is 1. The molecular formula is C50H38CaCl2N6O12S2. The van der Waals surface area contributed by atoms with E-state index in [2.05, 4.69) is 30.8 Å². The van der Waals surface area contributed by atoms with Gasteiger partial charge in [-0.25, -0.2) is 0 Å². The number of aromatic hydroxyl groups is 1. The minimum absolute atomic E-state index is 0. The van der Waals surface area contributed by atoms with E-state index in [4.69, 9.17) is 32.7 Å². The summed E-state index contributed by atoms with van der Waals surface area (Å²) in [5, 5.41) is 57.8. The molecular weight excluding hydrogens is 1050 g/mol. The molecule has 0 saturated carbocycles. The number of carbonyl (C=O) groups excluding carboxylic acids is 1. The van der Waals surface area contributed by atoms with Crippen LogP contribution in [0.5, 0.6) is 23.0 Å². The van der Waals surface area contributed by atoms with E-state index in [0.29, 0.717) is 38.7 Å². The maximum Gasteiger partial charge on any atom is 2.00 e. The summed E-state index contributed by atoms with van der Waals surface area (Å²) < 4.78 is 77.7. The number of phenols is 1. The van der Waals surface area contributed by atoms with Crippen molar-refractivity contribution in [2.45, 2.75) is 23.6 Å². The molecule has 0 saturated heterocycles. The summed E-state index contributed by atoms with van der Waals surface area (Å²) in [5.74, 6) is -1.92. The van der Waals surface area contributed by atoms with Crippen LogP contribution >= 0.6 is 23.2 Å². The van der Waals surface area contributed by atoms with Gasteiger partial charge in [0.25, 0.3) is 26.1 Å². The summed E-state index contributed by atoms with van der Waals surface area (Å²) in [6, 6.07) is 35.4. The molecule has 0 radical (unpaired) electrons. The Morgan fingerprint density at radius 2 is 1.04 bits per heavy atom. The van der Waals surface area contributed by atoms with Gasteiger partial charge in [-0.1, -0.05) is 114 Å². The van der Waals surface area contributed by atoms with Crippen molar-refractivity contribution in [3.8, 4) is 23.0 Å². The van der Waals surface area contributed by atoms with Gasteiger partial charge in [-0.15, -0.1) is 15.3 Å². The van der Waals surface area contributed by atoms with Crippen LogP contribution < -0.4 is 25.0 Å². The number of benzene rings is 8. The number of anilines is 1. The van der Waals surface area contributed by atoms with Crippen molar-refractivity contribution in [1.29, 1.82) is 0 Å². The van der Waals surface area contributed by atoms with E-state index >= 15 is 0 Å². The summed E-state index contributed by atoms with van der Waals surface area (Å²) >= 11 is 12.3. The number of hydrogen-bond donors (Lipinski definition) is 4. The van der Waals surface area contributed by atoms with Crippen molar-refractivity contribution in [1.82, 2.24) is 0 Å². The van der Waals surface area contributed by atoms with E-state index in [1.165, 1.54) is 64.5 Å². The van der Waals surface area contributed by atoms with Crippen molar-refractivity contribution >= 4 is 149 Å². The average molecular weight is 1090 g/mol. The second kappa shape index (κ2) is 23.4. The third-order valence-corrected chi connectivity index (χ3v) is 13.4. The number of hydrogen-bond acceptors (Lipinski definition) is 15. The van der Waals surface area contributed by atoms with Gasteiger partial charge in [0.1, 0.15) is 44.0 Å². The van der Waals surface area contributed by atoms with Gasteiger partial charge in [0.05, 0.1) is 41.2 Å². The molecule has 0 aliphatic heterocycles. The van der Waals surface area contributed by atoms with Crippen LogP contribution in [0.3, 0.4) is 0 Å². The number of phenolic OH excluding ortho intramolecular Hbond substituents is 1. The Balaban J connectivity index is 0.000000235. The van der Waals surface area contributed by atoms with Gasteiger partial charge >= 0.3 is 37.7 Å². The molecule has 0 unspecified atom stereocenters. The molecule has 8 aromatic rings. The van der Waals surface area contributed by atoms with Gasteiger partial charge in [-0.05, 0) is 95.7 Å². The smallest absolute Gasteiger partial charge is 0.871 e. The first-order valence-electron chi connectivity index (χ1n) is 20.9. The molecule has 0 aliphatic carbocycles. The minimum atomic E-state index is -4.70. The van der Waals surface area contributed by atoms with Crippen molar-refractivity contribution < 1.29 is 55.5 Å². The average Bonchev–Trinajstić information content (AvgIpc) is 3.34. The van der Waals surface area contributed by atoms with E-state index in [-0.39, 0.29) is 98.5 Å². The van der Waals surface area contributed by atoms with E-state index in [0.717, 1.165) is 0 Å². The van der Waals surface area contributed by atoms with Crippen LogP contribution in [-0.4, -0.2) is 94.8 Å². The molecule has 18 nitrogen and oxygen atoms in total. The number of methoxy groups -OCH3 is 2. The largest absolute Gasteiger partial charge is 2.00 e. The van der Waals surface area contributed by atoms with Gasteiger partial charge in [0.2, 0.25) is 0 Å². The Kier molecular flexibility index (Phi) is 17.8. The van der Waals surface area contributed by atoms with Crippen LogP contribution in [0.15, 0.2) is 169 Å². The Morgan fingerprint density at radius 3 is 1.58 bits per heavy atom. The summed E-state index contributed by atoms with van der Waals surface area (Å²) in [5.41, 5.74) is -0.280. The van der Waals surface area contributed by atoms with Crippen LogP contribution in [0.2, 0.25) is 10.0 Å². The van der Waals surface area contributed by atoms with Crippen LogP contribution in [0, 0.1) is 13.8 Å². The number of aliphatic imine (C=N–C) groups is 1. The molecule has 0 aliphatic rings. The molecule has 368 valence electrons. The summed E-state index contributed by atoms with van der Waals surface area (Å²) in [6.07, 6.45) is 0. The zero-order chi connectivity index (χ0) is 52.1. The zero-order valence-electron chi connectivity index (χ0n) is 38.7. The third-order valence-electron chi connectivity index (χ3n) is 10.7. The van der Waals surface area contributed by atoms with E-state index in [1.807, 2.05) is 0 Å². The van der Waals surface area contributed by atoms with Crippen molar-refractivity contribution in [3.05, 3.63) is 166 Å². The van der Waals surface area contributed by atoms with Gasteiger partial charge in [0, 0.05) is 10.8 Å². The first kappa shape index (κ1) is 55.6. The Labute approximate surface area is 457 Å². The Morgan fingerprint density at radius 1 is 0.603 bits per heavy atom. The number of carbonyl (C=O) groups is 1. The Bertz CT molecular complexity index is 3790. The molecule has 23 heteroatoms. The zero-order valence-corrected chi connectivity index (χ0v) is 44.1. The van der Waals surface area contributed by atoms with Gasteiger partial charge in [-0.3, -0.25) is 18.9 Å². The van der Waals surface area contributed by atoms with Crippen LogP contribution in [-0.2, 0) is 20.2 Å². The maximum atomic E-state index is 13.4. The van der Waals surface area contributed by atoms with Crippen LogP contribution in [0.1, 0.15) is 27.0 Å². The SMILES string of the molecule is COc1ccccc1N=C([O-])c1cc2ccccc2c(N=Nc2c(Cl)ccc(C)c2S(=O)(=O)O)c1[O-].COc1ccccc1NC(=O)c1cc2ccccc2c(N=Nc2c(Cl)ccc(C)c2S(=O)(=O)O)c1O.[Ca+2]. The number of nitrogens with zero attached hydrogens (tertiary/aromatic N) is 5. The predicted octanol–water partition coefficient (Wildman–Crippen LogP) is 11.0. The second-order valence-electron chi connectivity index (χ2n) is 15.3. The second-order valence-corrected chi connectivity index (χ2v) is 18.9. The minimum Gasteiger partial charge on any atom is -0.871 e. The van der Waals surface area contributed by atoms with Crippen molar-refractivity contribution in [3.63, 3.8) is 0 Å². The standard InChI is InChI=1S/2C25H20ClN3O6S.Ca/c2*1-14-11-12-18(26)22(24(14)36(32,33)34)29-28-21-16-8-4-3-7-15(16)13-17(23(21)30)25(31)27-19-9-5-6-10-20(19)35-2;/h2*3-13,30H,1-2H3,(H,27,31)(H,32,33,34);/q;;+2/p-2. The molecule has 0 fully saturated rings. The molecule has 73 heavy (non-hydrogen) atoms. The third kappa shape index (κ3) is 12.4. The first-order valence-corrected chi connectivity index (χ1v) is 24.5. The van der Waals surface area contributed by atoms with Crippen LogP contribution in [0.25, 0.3) is 21.5 Å². The molecule has 0 spiro atoms. The fourth-order valence-electron chi connectivity index (χ4n) is 7.32.